The maximum atomic E-state index is 9.08. The van der Waals surface area contributed by atoms with E-state index in [0.29, 0.717) is 12.8 Å². The van der Waals surface area contributed by atoms with Gasteiger partial charge in [-0.25, -0.2) is 0 Å². The molecule has 2 nitrogen and oxygen atoms in total. The van der Waals surface area contributed by atoms with E-state index >= 15 is 0 Å². The molecule has 0 saturated carbocycles. The van der Waals surface area contributed by atoms with Crippen LogP contribution in [0.5, 0.6) is 0 Å². The molecule has 0 bridgehead atoms. The van der Waals surface area contributed by atoms with Crippen molar-refractivity contribution in [1.82, 2.24) is 0 Å². The summed E-state index contributed by atoms with van der Waals surface area (Å²) in [5, 5.41) is 18.2. The SMILES string of the molecule is C=CC[C@H](O)[C@@H](O)CC=C. The Morgan fingerprint density at radius 1 is 1.00 bits per heavy atom. The summed E-state index contributed by atoms with van der Waals surface area (Å²) >= 11 is 0. The van der Waals surface area contributed by atoms with Crippen LogP contribution in [-0.2, 0) is 0 Å². The first-order valence-corrected chi connectivity index (χ1v) is 3.30. The molecule has 58 valence electrons. The van der Waals surface area contributed by atoms with E-state index in [1.54, 1.807) is 12.2 Å². The molecule has 0 aliphatic heterocycles. The Balaban J connectivity index is 3.56. The first kappa shape index (κ1) is 9.40. The van der Waals surface area contributed by atoms with Gasteiger partial charge >= 0.3 is 0 Å². The Hall–Kier alpha value is -0.600. The predicted octanol–water partition coefficient (Wildman–Crippen LogP) is 0.860. The largest absolute Gasteiger partial charge is 0.390 e. The number of aliphatic hydroxyl groups is 2. The molecule has 0 aromatic rings. The van der Waals surface area contributed by atoms with Gasteiger partial charge in [0.25, 0.3) is 0 Å². The molecule has 10 heavy (non-hydrogen) atoms. The fourth-order valence-electron chi connectivity index (χ4n) is 0.656. The Morgan fingerprint density at radius 2 is 1.30 bits per heavy atom. The van der Waals surface area contributed by atoms with Gasteiger partial charge in [-0.1, -0.05) is 12.2 Å². The smallest absolute Gasteiger partial charge is 0.0836 e. The van der Waals surface area contributed by atoms with Crippen molar-refractivity contribution in [3.63, 3.8) is 0 Å². The molecule has 2 N–H and O–H groups in total. The molecule has 0 radical (unpaired) electrons. The number of hydrogen-bond acceptors (Lipinski definition) is 2. The lowest BCUT2D eigenvalue weighted by molar-refractivity contribution is 0.0239. The van der Waals surface area contributed by atoms with Crippen LogP contribution in [-0.4, -0.2) is 22.4 Å². The van der Waals surface area contributed by atoms with E-state index < -0.39 is 12.2 Å². The van der Waals surface area contributed by atoms with Gasteiger partial charge in [0.05, 0.1) is 12.2 Å². The maximum absolute atomic E-state index is 9.08. The Morgan fingerprint density at radius 3 is 1.50 bits per heavy atom. The van der Waals surface area contributed by atoms with Crippen LogP contribution in [0.4, 0.5) is 0 Å². The molecule has 0 aliphatic rings. The van der Waals surface area contributed by atoms with Crippen molar-refractivity contribution in [3.8, 4) is 0 Å². The highest BCUT2D eigenvalue weighted by Gasteiger charge is 2.11. The van der Waals surface area contributed by atoms with Gasteiger partial charge in [0.2, 0.25) is 0 Å². The van der Waals surface area contributed by atoms with Crippen molar-refractivity contribution in [2.75, 3.05) is 0 Å². The highest BCUT2D eigenvalue weighted by molar-refractivity contribution is 4.82. The average molecular weight is 142 g/mol. The molecular formula is C8H14O2. The highest BCUT2D eigenvalue weighted by atomic mass is 16.3. The number of aliphatic hydroxyl groups excluding tert-OH is 2. The molecule has 0 fully saturated rings. The third-order valence-electron chi connectivity index (χ3n) is 1.26. The summed E-state index contributed by atoms with van der Waals surface area (Å²) in [5.74, 6) is 0. The molecule has 0 amide bonds. The van der Waals surface area contributed by atoms with Crippen LogP contribution in [0.1, 0.15) is 12.8 Å². The van der Waals surface area contributed by atoms with Gasteiger partial charge in [-0.05, 0) is 12.8 Å². The third kappa shape index (κ3) is 3.43. The molecule has 2 atom stereocenters. The summed E-state index contributed by atoms with van der Waals surface area (Å²) in [6.07, 6.45) is 2.61. The predicted molar refractivity (Wildman–Crippen MR) is 41.6 cm³/mol. The van der Waals surface area contributed by atoms with Crippen LogP contribution in [0.15, 0.2) is 25.3 Å². The molecule has 0 unspecified atom stereocenters. The standard InChI is InChI=1S/C8H14O2/c1-3-5-7(9)8(10)6-4-2/h3-4,7-10H,1-2,5-6H2/t7-,8-/m0/s1. The van der Waals surface area contributed by atoms with E-state index in [1.165, 1.54) is 0 Å². The molecule has 0 aromatic carbocycles. The topological polar surface area (TPSA) is 40.5 Å². The van der Waals surface area contributed by atoms with Gasteiger partial charge in [-0.3, -0.25) is 0 Å². The summed E-state index contributed by atoms with van der Waals surface area (Å²) < 4.78 is 0. The molecular weight excluding hydrogens is 128 g/mol. The lowest BCUT2D eigenvalue weighted by Crippen LogP contribution is -2.24. The first-order chi connectivity index (χ1) is 4.72. The monoisotopic (exact) mass is 142 g/mol. The van der Waals surface area contributed by atoms with Gasteiger partial charge in [0, 0.05) is 0 Å². The minimum absolute atomic E-state index is 0.426. The fourth-order valence-corrected chi connectivity index (χ4v) is 0.656. The van der Waals surface area contributed by atoms with Gasteiger partial charge < -0.3 is 10.2 Å². The zero-order chi connectivity index (χ0) is 7.98. The third-order valence-corrected chi connectivity index (χ3v) is 1.26. The second-order valence-electron chi connectivity index (χ2n) is 2.18. The zero-order valence-electron chi connectivity index (χ0n) is 6.03. The minimum Gasteiger partial charge on any atom is -0.390 e. The lowest BCUT2D eigenvalue weighted by Gasteiger charge is -2.13. The van der Waals surface area contributed by atoms with Crippen molar-refractivity contribution in [2.45, 2.75) is 25.0 Å². The van der Waals surface area contributed by atoms with Gasteiger partial charge in [-0.2, -0.15) is 0 Å². The average Bonchev–Trinajstić information content (AvgIpc) is 1.89. The molecule has 2 heteroatoms. The first-order valence-electron chi connectivity index (χ1n) is 3.30. The summed E-state index contributed by atoms with van der Waals surface area (Å²) in [7, 11) is 0. The van der Waals surface area contributed by atoms with Crippen molar-refractivity contribution >= 4 is 0 Å². The Bertz CT molecular complexity index is 95.8. The molecule has 0 heterocycles. The fraction of sp³-hybridized carbons (Fsp3) is 0.500. The van der Waals surface area contributed by atoms with E-state index in [9.17, 15) is 0 Å². The lowest BCUT2D eigenvalue weighted by atomic mass is 10.1. The van der Waals surface area contributed by atoms with E-state index in [-0.39, 0.29) is 0 Å². The van der Waals surface area contributed by atoms with E-state index in [1.807, 2.05) is 0 Å². The quantitative estimate of drug-likeness (QED) is 0.559. The molecule has 0 saturated heterocycles. The molecule has 0 rings (SSSR count). The maximum Gasteiger partial charge on any atom is 0.0836 e. The van der Waals surface area contributed by atoms with Crippen molar-refractivity contribution < 1.29 is 10.2 Å². The Kier molecular flexibility index (Phi) is 4.89. The van der Waals surface area contributed by atoms with Crippen molar-refractivity contribution in [1.29, 1.82) is 0 Å². The van der Waals surface area contributed by atoms with E-state index in [2.05, 4.69) is 13.2 Å². The number of hydrogen-bond donors (Lipinski definition) is 2. The van der Waals surface area contributed by atoms with Crippen LogP contribution >= 0.6 is 0 Å². The van der Waals surface area contributed by atoms with Crippen LogP contribution < -0.4 is 0 Å². The summed E-state index contributed by atoms with van der Waals surface area (Å²) in [4.78, 5) is 0. The van der Waals surface area contributed by atoms with E-state index in [4.69, 9.17) is 10.2 Å². The molecule has 0 aromatic heterocycles. The molecule has 0 aliphatic carbocycles. The van der Waals surface area contributed by atoms with Crippen molar-refractivity contribution in [2.24, 2.45) is 0 Å². The Labute approximate surface area is 61.5 Å². The summed E-state index contributed by atoms with van der Waals surface area (Å²) in [6.45, 7) is 6.89. The van der Waals surface area contributed by atoms with Gasteiger partial charge in [0.1, 0.15) is 0 Å². The van der Waals surface area contributed by atoms with Crippen molar-refractivity contribution in [3.05, 3.63) is 25.3 Å². The summed E-state index contributed by atoms with van der Waals surface area (Å²) in [6, 6.07) is 0. The zero-order valence-corrected chi connectivity index (χ0v) is 6.03. The highest BCUT2D eigenvalue weighted by Crippen LogP contribution is 2.03. The normalized spacial score (nSPS) is 15.8. The van der Waals surface area contributed by atoms with Crippen LogP contribution in [0.3, 0.4) is 0 Å². The van der Waals surface area contributed by atoms with Crippen LogP contribution in [0.25, 0.3) is 0 Å². The van der Waals surface area contributed by atoms with Gasteiger partial charge in [0.15, 0.2) is 0 Å². The minimum atomic E-state index is -0.699. The van der Waals surface area contributed by atoms with Gasteiger partial charge in [-0.15, -0.1) is 13.2 Å². The second kappa shape index (κ2) is 5.21. The van der Waals surface area contributed by atoms with Crippen LogP contribution in [0.2, 0.25) is 0 Å². The van der Waals surface area contributed by atoms with E-state index in [0.717, 1.165) is 0 Å². The summed E-state index contributed by atoms with van der Waals surface area (Å²) in [5.41, 5.74) is 0. The second-order valence-corrected chi connectivity index (χ2v) is 2.18. The molecule has 0 spiro atoms. The number of rotatable bonds is 5. The van der Waals surface area contributed by atoms with Crippen LogP contribution in [0, 0.1) is 0 Å².